The Morgan fingerprint density at radius 1 is 0.882 bits per heavy atom. The quantitative estimate of drug-likeness (QED) is 0.493. The summed E-state index contributed by atoms with van der Waals surface area (Å²) >= 11 is 0. The second kappa shape index (κ2) is 10.8. The van der Waals surface area contributed by atoms with Gasteiger partial charge in [-0.1, -0.05) is 77.4 Å². The van der Waals surface area contributed by atoms with Crippen molar-refractivity contribution in [3.63, 3.8) is 0 Å². The lowest BCUT2D eigenvalue weighted by Gasteiger charge is -2.34. The number of carbonyl (C=O) groups excluding carboxylic acids is 1. The lowest BCUT2D eigenvalue weighted by Crippen LogP contribution is -2.48. The highest BCUT2D eigenvalue weighted by atomic mass is 16.2. The highest BCUT2D eigenvalue weighted by molar-refractivity contribution is 5.83. The molecule has 184 valence electrons. The molecule has 0 spiro atoms. The van der Waals surface area contributed by atoms with Crippen LogP contribution in [-0.2, 0) is 22.2 Å². The number of amides is 1. The Labute approximate surface area is 206 Å². The lowest BCUT2D eigenvalue weighted by atomic mass is 9.80. The van der Waals surface area contributed by atoms with Crippen molar-refractivity contribution in [1.29, 1.82) is 0 Å². The maximum Gasteiger partial charge on any atom is 0.254 e. The molecular weight excluding hydrogens is 420 g/mol. The Bertz CT molecular complexity index is 956. The fraction of sp³-hybridized carbons (Fsp3) is 0.517. The summed E-state index contributed by atoms with van der Waals surface area (Å²) in [6, 6.07) is 15.4. The van der Waals surface area contributed by atoms with Gasteiger partial charge in [-0.25, -0.2) is 5.43 Å². The van der Waals surface area contributed by atoms with Crippen LogP contribution < -0.4 is 5.43 Å². The molecular formula is C29H42N4O. The van der Waals surface area contributed by atoms with Crippen LogP contribution in [0.1, 0.15) is 69.4 Å². The summed E-state index contributed by atoms with van der Waals surface area (Å²) in [6.07, 6.45) is 1.77. The van der Waals surface area contributed by atoms with E-state index in [1.54, 1.807) is 6.21 Å². The van der Waals surface area contributed by atoms with Gasteiger partial charge in [0.25, 0.3) is 5.91 Å². The molecule has 1 aliphatic rings. The van der Waals surface area contributed by atoms with Crippen molar-refractivity contribution in [3.8, 4) is 0 Å². The summed E-state index contributed by atoms with van der Waals surface area (Å²) in [5.41, 5.74) is 9.03. The van der Waals surface area contributed by atoms with E-state index in [0.717, 1.165) is 38.3 Å². The van der Waals surface area contributed by atoms with Crippen LogP contribution in [0.3, 0.4) is 0 Å². The molecule has 1 N–H and O–H groups in total. The number of rotatable bonds is 6. The molecule has 0 radical (unpaired) electrons. The van der Waals surface area contributed by atoms with Gasteiger partial charge in [0.1, 0.15) is 0 Å². The second-order valence-electron chi connectivity index (χ2n) is 11.7. The minimum Gasteiger partial charge on any atom is -0.297 e. The molecule has 1 fully saturated rings. The summed E-state index contributed by atoms with van der Waals surface area (Å²) in [7, 11) is 0. The molecule has 34 heavy (non-hydrogen) atoms. The fourth-order valence-corrected chi connectivity index (χ4v) is 4.07. The molecule has 2 aromatic carbocycles. The first-order chi connectivity index (χ1) is 15.9. The number of benzene rings is 2. The summed E-state index contributed by atoms with van der Waals surface area (Å²) in [6.45, 7) is 20.5. The van der Waals surface area contributed by atoms with Gasteiger partial charge in [0.15, 0.2) is 0 Å². The van der Waals surface area contributed by atoms with E-state index >= 15 is 0 Å². The zero-order chi connectivity index (χ0) is 24.9. The first-order valence-corrected chi connectivity index (χ1v) is 12.4. The summed E-state index contributed by atoms with van der Waals surface area (Å²) < 4.78 is 0. The minimum absolute atomic E-state index is 0.0503. The van der Waals surface area contributed by atoms with Crippen molar-refractivity contribution in [3.05, 3.63) is 70.3 Å². The van der Waals surface area contributed by atoms with E-state index in [0.29, 0.717) is 6.54 Å². The third-order valence-corrected chi connectivity index (χ3v) is 6.45. The molecule has 0 atom stereocenters. The summed E-state index contributed by atoms with van der Waals surface area (Å²) in [5, 5.41) is 4.27. The normalized spacial score (nSPS) is 16.2. The van der Waals surface area contributed by atoms with E-state index in [9.17, 15) is 4.79 Å². The maximum absolute atomic E-state index is 12.5. The van der Waals surface area contributed by atoms with Gasteiger partial charge in [-0.05, 0) is 52.1 Å². The topological polar surface area (TPSA) is 47.9 Å². The highest BCUT2D eigenvalue weighted by Crippen LogP contribution is 2.29. The molecule has 0 aromatic heterocycles. The van der Waals surface area contributed by atoms with Crippen molar-refractivity contribution in [2.45, 2.75) is 65.8 Å². The smallest absolute Gasteiger partial charge is 0.254 e. The van der Waals surface area contributed by atoms with Gasteiger partial charge in [-0.15, -0.1) is 0 Å². The zero-order valence-electron chi connectivity index (χ0n) is 22.1. The van der Waals surface area contributed by atoms with Crippen molar-refractivity contribution in [1.82, 2.24) is 15.2 Å². The van der Waals surface area contributed by atoms with Gasteiger partial charge in [-0.3, -0.25) is 14.6 Å². The molecule has 0 bridgehead atoms. The fourth-order valence-electron chi connectivity index (χ4n) is 4.07. The first kappa shape index (κ1) is 26.1. The Morgan fingerprint density at radius 3 is 1.94 bits per heavy atom. The van der Waals surface area contributed by atoms with E-state index in [1.807, 2.05) is 0 Å². The number of hydrogen-bond acceptors (Lipinski definition) is 4. The molecule has 0 aliphatic carbocycles. The van der Waals surface area contributed by atoms with Crippen molar-refractivity contribution in [2.24, 2.45) is 5.10 Å². The highest BCUT2D eigenvalue weighted by Gasteiger charge is 2.21. The number of piperazine rings is 1. The molecule has 2 aromatic rings. The maximum atomic E-state index is 12.5. The van der Waals surface area contributed by atoms with Gasteiger partial charge >= 0.3 is 0 Å². The predicted octanol–water partition coefficient (Wildman–Crippen LogP) is 4.86. The van der Waals surface area contributed by atoms with Gasteiger partial charge < -0.3 is 0 Å². The average molecular weight is 463 g/mol. The van der Waals surface area contributed by atoms with Crippen LogP contribution in [-0.4, -0.2) is 54.6 Å². The molecule has 1 amide bonds. The van der Waals surface area contributed by atoms with E-state index in [1.165, 1.54) is 22.3 Å². The molecule has 5 heteroatoms. The lowest BCUT2D eigenvalue weighted by molar-refractivity contribution is -0.122. The first-order valence-electron chi connectivity index (χ1n) is 12.4. The SMILES string of the molecule is Cc1ccc(CN2CCN(CC(=O)N/N=C/c3cc(C(C)(C)C)cc(C(C)(C)C)c3)CC2)cc1. The van der Waals surface area contributed by atoms with Crippen LogP contribution in [0, 0.1) is 6.92 Å². The minimum atomic E-state index is -0.0637. The van der Waals surface area contributed by atoms with Crippen LogP contribution >= 0.6 is 0 Å². The number of hydrogen-bond donors (Lipinski definition) is 1. The van der Waals surface area contributed by atoms with Crippen LogP contribution in [0.4, 0.5) is 0 Å². The van der Waals surface area contributed by atoms with Crippen LogP contribution in [0.2, 0.25) is 0 Å². The average Bonchev–Trinajstić information content (AvgIpc) is 2.75. The third-order valence-electron chi connectivity index (χ3n) is 6.45. The van der Waals surface area contributed by atoms with Gasteiger partial charge in [0.2, 0.25) is 0 Å². The van der Waals surface area contributed by atoms with E-state index in [-0.39, 0.29) is 16.7 Å². The zero-order valence-corrected chi connectivity index (χ0v) is 22.1. The van der Waals surface area contributed by atoms with Crippen LogP contribution in [0.25, 0.3) is 0 Å². The van der Waals surface area contributed by atoms with Crippen LogP contribution in [0.15, 0.2) is 47.6 Å². The predicted molar refractivity (Wildman–Crippen MR) is 142 cm³/mol. The standard InChI is InChI=1S/C29H42N4O/c1-22-8-10-23(11-9-22)20-32-12-14-33(15-13-32)21-27(34)31-30-19-24-16-25(28(2,3)4)18-26(17-24)29(5,6)7/h8-11,16-19H,12-15,20-21H2,1-7H3,(H,31,34)/b30-19+. The van der Waals surface area contributed by atoms with E-state index in [2.05, 4.69) is 111 Å². The summed E-state index contributed by atoms with van der Waals surface area (Å²) in [4.78, 5) is 17.1. The monoisotopic (exact) mass is 462 g/mol. The largest absolute Gasteiger partial charge is 0.297 e. The molecule has 1 heterocycles. The Hall–Kier alpha value is -2.50. The number of nitrogens with zero attached hydrogens (tertiary/aromatic N) is 3. The Balaban J connectivity index is 1.50. The van der Waals surface area contributed by atoms with Crippen molar-refractivity contribution >= 4 is 12.1 Å². The third kappa shape index (κ3) is 7.78. The molecule has 3 rings (SSSR count). The Morgan fingerprint density at radius 2 is 1.41 bits per heavy atom. The number of aryl methyl sites for hydroxylation is 1. The van der Waals surface area contributed by atoms with Crippen molar-refractivity contribution in [2.75, 3.05) is 32.7 Å². The molecule has 0 saturated carbocycles. The van der Waals surface area contributed by atoms with Crippen LogP contribution in [0.5, 0.6) is 0 Å². The molecule has 5 nitrogen and oxygen atoms in total. The Kier molecular flexibility index (Phi) is 8.32. The second-order valence-corrected chi connectivity index (χ2v) is 11.7. The molecule has 1 aliphatic heterocycles. The van der Waals surface area contributed by atoms with Gasteiger partial charge in [0, 0.05) is 32.7 Å². The molecule has 0 unspecified atom stereocenters. The van der Waals surface area contributed by atoms with Gasteiger partial charge in [-0.2, -0.15) is 5.10 Å². The summed E-state index contributed by atoms with van der Waals surface area (Å²) in [5.74, 6) is -0.0637. The van der Waals surface area contributed by atoms with E-state index in [4.69, 9.17) is 0 Å². The van der Waals surface area contributed by atoms with Crippen molar-refractivity contribution < 1.29 is 4.79 Å². The van der Waals surface area contributed by atoms with E-state index < -0.39 is 0 Å². The number of nitrogens with one attached hydrogen (secondary N) is 1. The number of carbonyl (C=O) groups is 1. The van der Waals surface area contributed by atoms with Gasteiger partial charge in [0.05, 0.1) is 12.8 Å². The number of hydrazone groups is 1. The molecule has 1 saturated heterocycles.